The predicted octanol–water partition coefficient (Wildman–Crippen LogP) is 3.63. The molecule has 0 saturated heterocycles. The first-order valence-corrected chi connectivity index (χ1v) is 8.47. The first-order valence-electron chi connectivity index (χ1n) is 8.47. The van der Waals surface area contributed by atoms with Crippen molar-refractivity contribution in [3.05, 3.63) is 11.6 Å². The number of carbonyl (C=O) groups excluding carboxylic acids is 1. The van der Waals surface area contributed by atoms with Crippen LogP contribution in [0, 0.1) is 0 Å². The summed E-state index contributed by atoms with van der Waals surface area (Å²) in [7, 11) is 0. The fraction of sp³-hybridized carbons (Fsp3) is 0.812. The Labute approximate surface area is 128 Å². The van der Waals surface area contributed by atoms with E-state index in [1.54, 1.807) is 0 Å². The van der Waals surface area contributed by atoms with Crippen molar-refractivity contribution in [1.29, 1.82) is 0 Å². The molecule has 5 heteroatoms. The smallest absolute Gasteiger partial charge is 0.290 e. The summed E-state index contributed by atoms with van der Waals surface area (Å²) in [6.07, 6.45) is 12.0. The third kappa shape index (κ3) is 7.83. The minimum absolute atomic E-state index is 0.170. The largest absolute Gasteiger partial charge is 0.349 e. The van der Waals surface area contributed by atoms with Crippen LogP contribution in [0.25, 0.3) is 0 Å². The topological polar surface area (TPSA) is 70.7 Å². The molecule has 1 heterocycles. The maximum Gasteiger partial charge on any atom is 0.290 e. The number of rotatable bonds is 12. The van der Waals surface area contributed by atoms with E-state index in [-0.39, 0.29) is 11.7 Å². The zero-order chi connectivity index (χ0) is 15.3. The second-order valence-corrected chi connectivity index (χ2v) is 5.59. The Morgan fingerprint density at radius 2 is 1.67 bits per heavy atom. The van der Waals surface area contributed by atoms with E-state index < -0.39 is 0 Å². The standard InChI is InChI=1S/C16H30N4O/c1-3-5-6-7-8-9-10-11-13-17-16(21)15-18-14(12-4-2)19-20-15/h3-13H2,1-2H3,(H,17,21)(H,18,19,20). The molecule has 2 N–H and O–H groups in total. The lowest BCUT2D eigenvalue weighted by Crippen LogP contribution is -2.25. The Balaban J connectivity index is 2.02. The minimum atomic E-state index is -0.170. The summed E-state index contributed by atoms with van der Waals surface area (Å²) < 4.78 is 0. The molecule has 0 radical (unpaired) electrons. The number of nitrogens with one attached hydrogen (secondary N) is 2. The quantitative estimate of drug-likeness (QED) is 0.578. The molecule has 1 aromatic heterocycles. The number of aromatic nitrogens is 3. The molecular formula is C16H30N4O. The van der Waals surface area contributed by atoms with E-state index in [4.69, 9.17) is 0 Å². The van der Waals surface area contributed by atoms with Crippen molar-refractivity contribution in [2.24, 2.45) is 0 Å². The van der Waals surface area contributed by atoms with Crippen LogP contribution in [-0.2, 0) is 6.42 Å². The molecule has 0 unspecified atom stereocenters. The maximum absolute atomic E-state index is 11.8. The van der Waals surface area contributed by atoms with Gasteiger partial charge in [-0.05, 0) is 12.8 Å². The van der Waals surface area contributed by atoms with E-state index in [0.29, 0.717) is 6.54 Å². The zero-order valence-electron chi connectivity index (χ0n) is 13.6. The van der Waals surface area contributed by atoms with E-state index in [0.717, 1.165) is 25.1 Å². The van der Waals surface area contributed by atoms with Gasteiger partial charge in [-0.25, -0.2) is 4.98 Å². The van der Waals surface area contributed by atoms with Gasteiger partial charge in [0.05, 0.1) is 0 Å². The molecular weight excluding hydrogens is 264 g/mol. The van der Waals surface area contributed by atoms with Crippen LogP contribution in [0.15, 0.2) is 0 Å². The lowest BCUT2D eigenvalue weighted by atomic mass is 10.1. The number of hydrogen-bond donors (Lipinski definition) is 2. The van der Waals surface area contributed by atoms with Crippen molar-refractivity contribution in [2.45, 2.75) is 78.1 Å². The van der Waals surface area contributed by atoms with Crippen LogP contribution >= 0.6 is 0 Å². The number of carbonyl (C=O) groups is 1. The molecule has 0 aromatic carbocycles. The summed E-state index contributed by atoms with van der Waals surface area (Å²) in [6.45, 7) is 5.03. The number of amides is 1. The molecule has 1 aromatic rings. The van der Waals surface area contributed by atoms with Crippen LogP contribution in [0.4, 0.5) is 0 Å². The molecule has 0 saturated carbocycles. The van der Waals surface area contributed by atoms with Crippen LogP contribution in [0.3, 0.4) is 0 Å². The van der Waals surface area contributed by atoms with Gasteiger partial charge in [-0.3, -0.25) is 9.89 Å². The van der Waals surface area contributed by atoms with Crippen LogP contribution in [0.1, 0.15) is 88.1 Å². The van der Waals surface area contributed by atoms with Gasteiger partial charge in [0.1, 0.15) is 5.82 Å². The number of hydrogen-bond acceptors (Lipinski definition) is 3. The number of aryl methyl sites for hydroxylation is 1. The molecule has 0 spiro atoms. The van der Waals surface area contributed by atoms with Crippen LogP contribution in [0.5, 0.6) is 0 Å². The minimum Gasteiger partial charge on any atom is -0.349 e. The number of H-pyrrole nitrogens is 1. The fourth-order valence-corrected chi connectivity index (χ4v) is 2.29. The highest BCUT2D eigenvalue weighted by atomic mass is 16.2. The summed E-state index contributed by atoms with van der Waals surface area (Å²) in [5.41, 5.74) is 0. The van der Waals surface area contributed by atoms with Crippen molar-refractivity contribution in [3.63, 3.8) is 0 Å². The zero-order valence-corrected chi connectivity index (χ0v) is 13.6. The van der Waals surface area contributed by atoms with Crippen molar-refractivity contribution in [2.75, 3.05) is 6.54 Å². The monoisotopic (exact) mass is 294 g/mol. The average Bonchev–Trinajstić information content (AvgIpc) is 2.94. The molecule has 0 atom stereocenters. The van der Waals surface area contributed by atoms with Gasteiger partial charge in [-0.2, -0.15) is 0 Å². The number of nitrogens with zero attached hydrogens (tertiary/aromatic N) is 2. The lowest BCUT2D eigenvalue weighted by molar-refractivity contribution is 0.0943. The third-order valence-electron chi connectivity index (χ3n) is 3.54. The Morgan fingerprint density at radius 3 is 2.33 bits per heavy atom. The van der Waals surface area contributed by atoms with E-state index in [2.05, 4.69) is 34.3 Å². The summed E-state index contributed by atoms with van der Waals surface area (Å²) in [5.74, 6) is 0.879. The Bertz CT molecular complexity index is 389. The van der Waals surface area contributed by atoms with Gasteiger partial charge in [0.25, 0.3) is 5.91 Å². The van der Waals surface area contributed by atoms with Crippen LogP contribution < -0.4 is 5.32 Å². The van der Waals surface area contributed by atoms with Gasteiger partial charge in [0, 0.05) is 13.0 Å². The second kappa shape index (κ2) is 11.3. The maximum atomic E-state index is 11.8. The highest BCUT2D eigenvalue weighted by molar-refractivity contribution is 5.90. The molecule has 5 nitrogen and oxygen atoms in total. The molecule has 21 heavy (non-hydrogen) atoms. The van der Waals surface area contributed by atoms with Crippen molar-refractivity contribution < 1.29 is 4.79 Å². The second-order valence-electron chi connectivity index (χ2n) is 5.59. The Kier molecular flexibility index (Phi) is 9.49. The first-order chi connectivity index (χ1) is 10.3. The fourth-order valence-electron chi connectivity index (χ4n) is 2.29. The Morgan fingerprint density at radius 1 is 1.00 bits per heavy atom. The first kappa shape index (κ1) is 17.7. The van der Waals surface area contributed by atoms with Gasteiger partial charge in [-0.1, -0.05) is 58.8 Å². The van der Waals surface area contributed by atoms with Gasteiger partial charge in [-0.15, -0.1) is 5.10 Å². The summed E-state index contributed by atoms with van der Waals surface area (Å²) in [6, 6.07) is 0. The number of aromatic amines is 1. The van der Waals surface area contributed by atoms with E-state index in [1.807, 2.05) is 0 Å². The SMILES string of the molecule is CCCCCCCCCCNC(=O)c1n[nH]c(CCC)n1. The number of unbranched alkanes of at least 4 members (excludes halogenated alkanes) is 7. The lowest BCUT2D eigenvalue weighted by Gasteiger charge is -2.03. The normalized spacial score (nSPS) is 10.8. The molecule has 0 aliphatic heterocycles. The molecule has 1 rings (SSSR count). The van der Waals surface area contributed by atoms with E-state index >= 15 is 0 Å². The van der Waals surface area contributed by atoms with Crippen LogP contribution in [-0.4, -0.2) is 27.6 Å². The molecule has 0 aliphatic carbocycles. The predicted molar refractivity (Wildman–Crippen MR) is 85.3 cm³/mol. The van der Waals surface area contributed by atoms with Crippen molar-refractivity contribution in [3.8, 4) is 0 Å². The van der Waals surface area contributed by atoms with E-state index in [9.17, 15) is 4.79 Å². The van der Waals surface area contributed by atoms with Crippen molar-refractivity contribution >= 4 is 5.91 Å². The molecule has 0 aliphatic rings. The summed E-state index contributed by atoms with van der Waals surface area (Å²) in [4.78, 5) is 16.0. The third-order valence-corrected chi connectivity index (χ3v) is 3.54. The molecule has 0 bridgehead atoms. The van der Waals surface area contributed by atoms with Gasteiger partial charge in [0.2, 0.25) is 5.82 Å². The van der Waals surface area contributed by atoms with Crippen LogP contribution in [0.2, 0.25) is 0 Å². The highest BCUT2D eigenvalue weighted by Gasteiger charge is 2.10. The highest BCUT2D eigenvalue weighted by Crippen LogP contribution is 2.07. The molecule has 0 fully saturated rings. The molecule has 1 amide bonds. The summed E-state index contributed by atoms with van der Waals surface area (Å²) >= 11 is 0. The Hall–Kier alpha value is -1.39. The summed E-state index contributed by atoms with van der Waals surface area (Å²) in [5, 5.41) is 9.63. The van der Waals surface area contributed by atoms with Gasteiger partial charge >= 0.3 is 0 Å². The van der Waals surface area contributed by atoms with Gasteiger partial charge in [0.15, 0.2) is 0 Å². The van der Waals surface area contributed by atoms with Gasteiger partial charge < -0.3 is 5.32 Å². The van der Waals surface area contributed by atoms with E-state index in [1.165, 1.54) is 44.9 Å². The average molecular weight is 294 g/mol. The van der Waals surface area contributed by atoms with Crippen molar-refractivity contribution in [1.82, 2.24) is 20.5 Å². The molecule has 120 valence electrons.